The molecule has 0 saturated heterocycles. The molecule has 1 aromatic heterocycles. The van der Waals surface area contributed by atoms with Gasteiger partial charge in [0.2, 0.25) is 5.95 Å². The molecule has 26 heavy (non-hydrogen) atoms. The maximum Gasteiger partial charge on any atom is 0.258 e. The van der Waals surface area contributed by atoms with Gasteiger partial charge in [0, 0.05) is 33.8 Å². The van der Waals surface area contributed by atoms with Crippen LogP contribution in [-0.4, -0.2) is 15.9 Å². The van der Waals surface area contributed by atoms with Gasteiger partial charge in [-0.25, -0.2) is 9.97 Å². The number of hydrogen-bond acceptors (Lipinski definition) is 4. The number of halogens is 2. The number of nitrogens with zero attached hydrogens (tertiary/aromatic N) is 2. The van der Waals surface area contributed by atoms with E-state index < -0.39 is 0 Å². The Morgan fingerprint density at radius 1 is 0.962 bits per heavy atom. The van der Waals surface area contributed by atoms with Crippen LogP contribution in [0.2, 0.25) is 10.0 Å². The first-order chi connectivity index (χ1) is 12.4. The predicted molar refractivity (Wildman–Crippen MR) is 106 cm³/mol. The summed E-state index contributed by atoms with van der Waals surface area (Å²) in [6.45, 7) is 3.80. The molecular formula is C19H16Cl2N4O. The summed E-state index contributed by atoms with van der Waals surface area (Å²) < 4.78 is 0. The maximum absolute atomic E-state index is 12.3. The Morgan fingerprint density at radius 3 is 2.35 bits per heavy atom. The first-order valence-electron chi connectivity index (χ1n) is 7.85. The van der Waals surface area contributed by atoms with Crippen LogP contribution in [0.5, 0.6) is 0 Å². The average Bonchev–Trinajstić information content (AvgIpc) is 2.61. The van der Waals surface area contributed by atoms with E-state index in [-0.39, 0.29) is 5.91 Å². The highest BCUT2D eigenvalue weighted by Gasteiger charge is 2.10. The third-order valence-corrected chi connectivity index (χ3v) is 4.42. The first kappa shape index (κ1) is 18.2. The lowest BCUT2D eigenvalue weighted by atomic mass is 10.2. The second kappa shape index (κ2) is 7.72. The number of benzene rings is 2. The second-order valence-corrected chi connectivity index (χ2v) is 6.64. The fraction of sp³-hybridized carbons (Fsp3) is 0.105. The Balaban J connectivity index is 1.70. The molecule has 0 spiro atoms. The van der Waals surface area contributed by atoms with Crippen LogP contribution in [0.15, 0.2) is 48.8 Å². The maximum atomic E-state index is 12.3. The van der Waals surface area contributed by atoms with Crippen molar-refractivity contribution in [3.63, 3.8) is 0 Å². The van der Waals surface area contributed by atoms with Crippen molar-refractivity contribution < 1.29 is 4.79 Å². The van der Waals surface area contributed by atoms with Crippen LogP contribution in [-0.2, 0) is 0 Å². The number of rotatable bonds is 4. The van der Waals surface area contributed by atoms with Crippen molar-refractivity contribution in [2.75, 3.05) is 10.6 Å². The molecule has 7 heteroatoms. The SMILES string of the molecule is Cc1ccc(Nc2ncc(C(=O)Nc3ccc(Cl)cc3C)cn2)cc1Cl. The normalized spacial score (nSPS) is 10.5. The lowest BCUT2D eigenvalue weighted by molar-refractivity contribution is 0.102. The van der Waals surface area contributed by atoms with E-state index in [4.69, 9.17) is 23.2 Å². The van der Waals surface area contributed by atoms with Gasteiger partial charge < -0.3 is 10.6 Å². The lowest BCUT2D eigenvalue weighted by Crippen LogP contribution is -2.13. The number of anilines is 3. The van der Waals surface area contributed by atoms with E-state index in [0.29, 0.717) is 27.2 Å². The van der Waals surface area contributed by atoms with E-state index >= 15 is 0 Å². The Hall–Kier alpha value is -2.63. The molecule has 0 aliphatic heterocycles. The number of carbonyl (C=O) groups is 1. The van der Waals surface area contributed by atoms with E-state index in [1.807, 2.05) is 26.0 Å². The molecule has 2 aromatic carbocycles. The van der Waals surface area contributed by atoms with E-state index in [0.717, 1.165) is 16.8 Å². The average molecular weight is 387 g/mol. The Kier molecular flexibility index (Phi) is 5.40. The molecule has 3 aromatic rings. The van der Waals surface area contributed by atoms with Gasteiger partial charge in [-0.15, -0.1) is 0 Å². The third kappa shape index (κ3) is 4.31. The highest BCUT2D eigenvalue weighted by Crippen LogP contribution is 2.22. The van der Waals surface area contributed by atoms with Gasteiger partial charge in [-0.2, -0.15) is 0 Å². The quantitative estimate of drug-likeness (QED) is 0.629. The van der Waals surface area contributed by atoms with Gasteiger partial charge in [0.15, 0.2) is 0 Å². The Morgan fingerprint density at radius 2 is 1.69 bits per heavy atom. The summed E-state index contributed by atoms with van der Waals surface area (Å²) in [6, 6.07) is 10.8. The molecule has 2 N–H and O–H groups in total. The molecule has 0 radical (unpaired) electrons. The van der Waals surface area contributed by atoms with Crippen molar-refractivity contribution >= 4 is 46.4 Å². The predicted octanol–water partition coefficient (Wildman–Crippen LogP) is 5.40. The zero-order valence-electron chi connectivity index (χ0n) is 14.2. The third-order valence-electron chi connectivity index (χ3n) is 3.78. The number of hydrogen-bond donors (Lipinski definition) is 2. The van der Waals surface area contributed by atoms with Gasteiger partial charge >= 0.3 is 0 Å². The molecule has 1 heterocycles. The minimum absolute atomic E-state index is 0.291. The summed E-state index contributed by atoms with van der Waals surface area (Å²) in [5.41, 5.74) is 3.68. The van der Waals surface area contributed by atoms with Gasteiger partial charge in [-0.1, -0.05) is 29.3 Å². The fourth-order valence-corrected chi connectivity index (χ4v) is 2.68. The molecule has 0 atom stereocenters. The zero-order valence-corrected chi connectivity index (χ0v) is 15.7. The standard InChI is InChI=1S/C19H16Cl2N4O/c1-11-3-5-15(8-16(11)21)24-19-22-9-13(10-23-19)18(26)25-17-6-4-14(20)7-12(17)2/h3-10H,1-2H3,(H,25,26)(H,22,23,24). The van der Waals surface area contributed by atoms with Gasteiger partial charge in [0.05, 0.1) is 5.56 Å². The van der Waals surface area contributed by atoms with Crippen LogP contribution in [0, 0.1) is 13.8 Å². The number of aromatic nitrogens is 2. The summed E-state index contributed by atoms with van der Waals surface area (Å²) in [5.74, 6) is 0.0875. The van der Waals surface area contributed by atoms with Crippen molar-refractivity contribution in [2.45, 2.75) is 13.8 Å². The van der Waals surface area contributed by atoms with Crippen molar-refractivity contribution in [1.82, 2.24) is 9.97 Å². The number of nitrogens with one attached hydrogen (secondary N) is 2. The molecule has 0 bridgehead atoms. The summed E-state index contributed by atoms with van der Waals surface area (Å²) in [4.78, 5) is 20.7. The van der Waals surface area contributed by atoms with Crippen molar-refractivity contribution in [3.8, 4) is 0 Å². The summed E-state index contributed by atoms with van der Waals surface area (Å²) >= 11 is 12.0. The topological polar surface area (TPSA) is 66.9 Å². The molecule has 0 saturated carbocycles. The summed E-state index contributed by atoms with van der Waals surface area (Å²) in [5, 5.41) is 7.15. The van der Waals surface area contributed by atoms with Crippen LogP contribution in [0.3, 0.4) is 0 Å². The van der Waals surface area contributed by atoms with Crippen LogP contribution in [0.4, 0.5) is 17.3 Å². The highest BCUT2D eigenvalue weighted by molar-refractivity contribution is 6.31. The highest BCUT2D eigenvalue weighted by atomic mass is 35.5. The lowest BCUT2D eigenvalue weighted by Gasteiger charge is -2.09. The monoisotopic (exact) mass is 386 g/mol. The van der Waals surface area contributed by atoms with Crippen molar-refractivity contribution in [3.05, 3.63) is 75.5 Å². The van der Waals surface area contributed by atoms with Crippen molar-refractivity contribution in [1.29, 1.82) is 0 Å². The zero-order chi connectivity index (χ0) is 18.7. The smallest absolute Gasteiger partial charge is 0.258 e. The first-order valence-corrected chi connectivity index (χ1v) is 8.61. The molecule has 0 fully saturated rings. The molecule has 1 amide bonds. The number of aryl methyl sites for hydroxylation is 2. The van der Waals surface area contributed by atoms with E-state index in [9.17, 15) is 4.79 Å². The fourth-order valence-electron chi connectivity index (χ4n) is 2.27. The van der Waals surface area contributed by atoms with Gasteiger partial charge in [-0.05, 0) is 55.3 Å². The summed E-state index contributed by atoms with van der Waals surface area (Å²) in [6.07, 6.45) is 2.93. The Labute approximate surface area is 161 Å². The molecule has 5 nitrogen and oxygen atoms in total. The molecule has 3 rings (SSSR count). The molecule has 0 aliphatic carbocycles. The molecule has 0 aliphatic rings. The largest absolute Gasteiger partial charge is 0.324 e. The van der Waals surface area contributed by atoms with E-state index in [1.165, 1.54) is 12.4 Å². The minimum Gasteiger partial charge on any atom is -0.324 e. The minimum atomic E-state index is -0.291. The summed E-state index contributed by atoms with van der Waals surface area (Å²) in [7, 11) is 0. The Bertz CT molecular complexity index is 958. The van der Waals surface area contributed by atoms with E-state index in [1.54, 1.807) is 24.3 Å². The molecule has 132 valence electrons. The van der Waals surface area contributed by atoms with Gasteiger partial charge in [0.25, 0.3) is 5.91 Å². The number of amides is 1. The molecular weight excluding hydrogens is 371 g/mol. The van der Waals surface area contributed by atoms with Crippen LogP contribution < -0.4 is 10.6 Å². The van der Waals surface area contributed by atoms with Crippen LogP contribution in [0.1, 0.15) is 21.5 Å². The van der Waals surface area contributed by atoms with Crippen LogP contribution >= 0.6 is 23.2 Å². The number of carbonyl (C=O) groups excluding carboxylic acids is 1. The van der Waals surface area contributed by atoms with Gasteiger partial charge in [0.1, 0.15) is 0 Å². The molecule has 0 unspecified atom stereocenters. The van der Waals surface area contributed by atoms with E-state index in [2.05, 4.69) is 20.6 Å². The van der Waals surface area contributed by atoms with Gasteiger partial charge in [-0.3, -0.25) is 4.79 Å². The van der Waals surface area contributed by atoms with Crippen molar-refractivity contribution in [2.24, 2.45) is 0 Å². The van der Waals surface area contributed by atoms with Crippen LogP contribution in [0.25, 0.3) is 0 Å². The second-order valence-electron chi connectivity index (χ2n) is 5.80.